The van der Waals surface area contributed by atoms with Crippen LogP contribution in [0.1, 0.15) is 38.3 Å². The maximum absolute atomic E-state index is 11.3. The zero-order valence-corrected chi connectivity index (χ0v) is 16.1. The fraction of sp³-hybridized carbons (Fsp3) is 0.476. The van der Waals surface area contributed by atoms with Gasteiger partial charge in [0.2, 0.25) is 6.79 Å². The highest BCUT2D eigenvalue weighted by atomic mass is 16.7. The topological polar surface area (TPSA) is 84.8 Å². The van der Waals surface area contributed by atoms with E-state index in [4.69, 9.17) is 19.4 Å². The fourth-order valence-corrected chi connectivity index (χ4v) is 3.70. The molecule has 0 spiro atoms. The molecule has 1 N–H and O–H groups in total. The van der Waals surface area contributed by atoms with Crippen LogP contribution in [0.15, 0.2) is 24.4 Å². The number of hydrogen-bond acceptors (Lipinski definition) is 6. The lowest BCUT2D eigenvalue weighted by Gasteiger charge is -2.32. The molecule has 0 radical (unpaired) electrons. The Labute approximate surface area is 164 Å². The summed E-state index contributed by atoms with van der Waals surface area (Å²) in [4.78, 5) is 23.1. The molecule has 1 aromatic carbocycles. The van der Waals surface area contributed by atoms with Crippen molar-refractivity contribution < 1.29 is 19.4 Å². The summed E-state index contributed by atoms with van der Waals surface area (Å²) in [7, 11) is 0. The van der Waals surface area contributed by atoms with Crippen LogP contribution in [0.5, 0.6) is 11.5 Å². The van der Waals surface area contributed by atoms with Gasteiger partial charge >= 0.3 is 5.97 Å². The zero-order chi connectivity index (χ0) is 19.5. The van der Waals surface area contributed by atoms with Crippen molar-refractivity contribution in [1.29, 1.82) is 0 Å². The summed E-state index contributed by atoms with van der Waals surface area (Å²) in [5, 5.41) is 9.29. The number of hydrogen-bond donors (Lipinski definition) is 1. The molecule has 0 amide bonds. The van der Waals surface area contributed by atoms with E-state index in [-0.39, 0.29) is 12.7 Å². The standard InChI is InChI=1S/C21H25N3O4/c1-2-3-4-16-12-22-19(15-5-6-17-18(11-15)28-13-27-17)20(23-16)24-9-7-14(8-10-24)21(25)26/h5-6,11-12,14H,2-4,7-10,13H2,1H3,(H,25,26). The predicted molar refractivity (Wildman–Crippen MR) is 105 cm³/mol. The molecule has 7 nitrogen and oxygen atoms in total. The Balaban J connectivity index is 1.66. The molecule has 0 saturated carbocycles. The quantitative estimate of drug-likeness (QED) is 0.817. The lowest BCUT2D eigenvalue weighted by Crippen LogP contribution is -2.37. The third kappa shape index (κ3) is 3.74. The van der Waals surface area contributed by atoms with Crippen molar-refractivity contribution in [3.8, 4) is 22.8 Å². The number of aliphatic carboxylic acids is 1. The SMILES string of the molecule is CCCCc1cnc(-c2ccc3c(c2)OCO3)c(N2CCC(C(=O)O)CC2)n1. The number of ether oxygens (including phenoxy) is 2. The van der Waals surface area contributed by atoms with Gasteiger partial charge in [-0.05, 0) is 43.9 Å². The van der Waals surface area contributed by atoms with Crippen LogP contribution in [0.25, 0.3) is 11.3 Å². The van der Waals surface area contributed by atoms with Crippen molar-refractivity contribution >= 4 is 11.8 Å². The lowest BCUT2D eigenvalue weighted by molar-refractivity contribution is -0.142. The van der Waals surface area contributed by atoms with E-state index in [2.05, 4.69) is 11.8 Å². The molecule has 2 aromatic rings. The van der Waals surface area contributed by atoms with Gasteiger partial charge in [0, 0.05) is 24.8 Å². The number of carboxylic acid groups (broad SMARTS) is 1. The molecule has 0 aliphatic carbocycles. The molecule has 1 fully saturated rings. The minimum Gasteiger partial charge on any atom is -0.481 e. The average Bonchev–Trinajstić information content (AvgIpc) is 3.20. The second-order valence-electron chi connectivity index (χ2n) is 7.30. The molecule has 3 heterocycles. The summed E-state index contributed by atoms with van der Waals surface area (Å²) < 4.78 is 10.9. The van der Waals surface area contributed by atoms with Crippen molar-refractivity contribution in [1.82, 2.24) is 9.97 Å². The first-order valence-corrected chi connectivity index (χ1v) is 9.89. The molecule has 1 aromatic heterocycles. The van der Waals surface area contributed by atoms with E-state index in [0.29, 0.717) is 31.7 Å². The Morgan fingerprint density at radius 2 is 2.04 bits per heavy atom. The molecule has 0 atom stereocenters. The maximum Gasteiger partial charge on any atom is 0.306 e. The highest BCUT2D eigenvalue weighted by molar-refractivity contribution is 5.75. The van der Waals surface area contributed by atoms with Crippen LogP contribution in [-0.2, 0) is 11.2 Å². The number of fused-ring (bicyclic) bond motifs is 1. The number of aromatic nitrogens is 2. The number of carboxylic acids is 1. The Kier molecular flexibility index (Phi) is 5.32. The van der Waals surface area contributed by atoms with E-state index in [1.165, 1.54) is 0 Å². The van der Waals surface area contributed by atoms with E-state index in [1.54, 1.807) is 0 Å². The molecular weight excluding hydrogens is 358 g/mol. The maximum atomic E-state index is 11.3. The molecule has 1 saturated heterocycles. The molecular formula is C21H25N3O4. The van der Waals surface area contributed by atoms with E-state index >= 15 is 0 Å². The normalized spacial score (nSPS) is 16.4. The lowest BCUT2D eigenvalue weighted by atomic mass is 9.97. The third-order valence-corrected chi connectivity index (χ3v) is 5.38. The monoisotopic (exact) mass is 383 g/mol. The molecule has 0 bridgehead atoms. The van der Waals surface area contributed by atoms with Crippen LogP contribution in [0.3, 0.4) is 0 Å². The summed E-state index contributed by atoms with van der Waals surface area (Å²) in [6.45, 7) is 3.73. The first-order valence-electron chi connectivity index (χ1n) is 9.89. The Bertz CT molecular complexity index is 863. The van der Waals surface area contributed by atoms with Crippen molar-refractivity contribution in [2.75, 3.05) is 24.8 Å². The number of rotatable bonds is 6. The van der Waals surface area contributed by atoms with E-state index in [1.807, 2.05) is 24.4 Å². The predicted octanol–water partition coefficient (Wildman–Crippen LogP) is 3.52. The van der Waals surface area contributed by atoms with Gasteiger partial charge in [-0.3, -0.25) is 9.78 Å². The molecule has 2 aliphatic heterocycles. The van der Waals surface area contributed by atoms with Gasteiger partial charge in [-0.25, -0.2) is 4.98 Å². The van der Waals surface area contributed by atoms with Crippen molar-refractivity contribution in [2.24, 2.45) is 5.92 Å². The van der Waals surface area contributed by atoms with Gasteiger partial charge in [0.05, 0.1) is 11.6 Å². The van der Waals surface area contributed by atoms with Crippen LogP contribution in [0.4, 0.5) is 5.82 Å². The number of piperidine rings is 1. The van der Waals surface area contributed by atoms with Gasteiger partial charge in [0.15, 0.2) is 17.3 Å². The van der Waals surface area contributed by atoms with Gasteiger partial charge in [0.25, 0.3) is 0 Å². The van der Waals surface area contributed by atoms with Gasteiger partial charge in [-0.2, -0.15) is 0 Å². The van der Waals surface area contributed by atoms with Crippen LogP contribution in [-0.4, -0.2) is 40.9 Å². The Hall–Kier alpha value is -2.83. The number of aryl methyl sites for hydroxylation is 1. The molecule has 4 rings (SSSR count). The minimum atomic E-state index is -0.710. The van der Waals surface area contributed by atoms with E-state index in [9.17, 15) is 9.90 Å². The van der Waals surface area contributed by atoms with Crippen LogP contribution in [0, 0.1) is 5.92 Å². The van der Waals surface area contributed by atoms with Gasteiger partial charge in [0.1, 0.15) is 5.69 Å². The molecule has 28 heavy (non-hydrogen) atoms. The van der Waals surface area contributed by atoms with E-state index in [0.717, 1.165) is 47.8 Å². The smallest absolute Gasteiger partial charge is 0.306 e. The summed E-state index contributed by atoms with van der Waals surface area (Å²) in [5.74, 6) is 1.29. The van der Waals surface area contributed by atoms with Crippen LogP contribution >= 0.6 is 0 Å². The fourth-order valence-electron chi connectivity index (χ4n) is 3.70. The van der Waals surface area contributed by atoms with Crippen molar-refractivity contribution in [2.45, 2.75) is 39.0 Å². The number of carbonyl (C=O) groups is 1. The Morgan fingerprint density at radius 1 is 1.25 bits per heavy atom. The molecule has 148 valence electrons. The molecule has 0 unspecified atom stereocenters. The largest absolute Gasteiger partial charge is 0.481 e. The number of unbranched alkanes of at least 4 members (excludes halogenated alkanes) is 1. The van der Waals surface area contributed by atoms with Crippen molar-refractivity contribution in [3.63, 3.8) is 0 Å². The van der Waals surface area contributed by atoms with Crippen molar-refractivity contribution in [3.05, 3.63) is 30.1 Å². The summed E-state index contributed by atoms with van der Waals surface area (Å²) in [6.07, 6.45) is 6.16. The van der Waals surface area contributed by atoms with Gasteiger partial charge in [-0.1, -0.05) is 13.3 Å². The second-order valence-corrected chi connectivity index (χ2v) is 7.30. The Morgan fingerprint density at radius 3 is 2.79 bits per heavy atom. The number of anilines is 1. The van der Waals surface area contributed by atoms with E-state index < -0.39 is 5.97 Å². The average molecular weight is 383 g/mol. The number of nitrogens with zero attached hydrogens (tertiary/aromatic N) is 3. The first-order chi connectivity index (χ1) is 13.7. The van der Waals surface area contributed by atoms with Gasteiger partial charge in [-0.15, -0.1) is 0 Å². The van der Waals surface area contributed by atoms with Gasteiger partial charge < -0.3 is 19.5 Å². The second kappa shape index (κ2) is 8.04. The summed E-state index contributed by atoms with van der Waals surface area (Å²) in [5.41, 5.74) is 2.70. The third-order valence-electron chi connectivity index (χ3n) is 5.38. The minimum absolute atomic E-state index is 0.232. The molecule has 2 aliphatic rings. The summed E-state index contributed by atoms with van der Waals surface area (Å²) in [6, 6.07) is 5.80. The highest BCUT2D eigenvalue weighted by Gasteiger charge is 2.27. The number of benzene rings is 1. The van der Waals surface area contributed by atoms with Crippen LogP contribution in [0.2, 0.25) is 0 Å². The summed E-state index contributed by atoms with van der Waals surface area (Å²) >= 11 is 0. The zero-order valence-electron chi connectivity index (χ0n) is 16.1. The highest BCUT2D eigenvalue weighted by Crippen LogP contribution is 2.38. The first kappa shape index (κ1) is 18.5. The molecule has 7 heteroatoms. The van der Waals surface area contributed by atoms with Crippen LogP contribution < -0.4 is 14.4 Å².